The summed E-state index contributed by atoms with van der Waals surface area (Å²) in [5, 5.41) is 5.07. The molecule has 256 valence electrons. The number of imidazole rings is 1. The first-order valence-corrected chi connectivity index (χ1v) is 19.4. The van der Waals surface area contributed by atoms with E-state index in [1.807, 2.05) is 11.3 Å². The molecular formula is C50H35N3S. The van der Waals surface area contributed by atoms with Gasteiger partial charge in [-0.2, -0.15) is 0 Å². The van der Waals surface area contributed by atoms with Crippen LogP contribution in [0.5, 0.6) is 0 Å². The number of para-hydroxylation sites is 2. The first kappa shape index (κ1) is 31.1. The topological polar surface area (TPSA) is 21.1 Å². The smallest absolute Gasteiger partial charge is 0.145 e. The molecule has 1 aliphatic carbocycles. The molecule has 2 heterocycles. The average molecular weight is 710 g/mol. The Hall–Kier alpha value is -6.49. The van der Waals surface area contributed by atoms with Gasteiger partial charge in [-0.15, -0.1) is 11.3 Å². The molecule has 3 nitrogen and oxygen atoms in total. The van der Waals surface area contributed by atoms with Crippen molar-refractivity contribution in [1.82, 2.24) is 9.55 Å². The van der Waals surface area contributed by atoms with Crippen molar-refractivity contribution in [3.63, 3.8) is 0 Å². The van der Waals surface area contributed by atoms with Gasteiger partial charge >= 0.3 is 0 Å². The normalized spacial score (nSPS) is 13.1. The standard InChI is InChI=1S/C50H35N3S/c1-50(2)43-28-33-22-23-37(52(35-16-8-4-9-17-35)38-24-25-48-42(29-38)39-20-12-13-21-47(39)54-48)26-34(33)27-40(43)41-30-46-45(31-44(41)50)51-49(32-14-6-3-7-15-32)53(46)36-18-10-5-11-19-36/h3-31H,1-2H3. The van der Waals surface area contributed by atoms with Gasteiger partial charge in [0.25, 0.3) is 0 Å². The van der Waals surface area contributed by atoms with Crippen molar-refractivity contribution in [3.05, 3.63) is 187 Å². The minimum Gasteiger partial charge on any atom is -0.310 e. The number of thiophene rings is 1. The lowest BCUT2D eigenvalue weighted by Gasteiger charge is -2.26. The maximum absolute atomic E-state index is 5.30. The maximum Gasteiger partial charge on any atom is 0.145 e. The van der Waals surface area contributed by atoms with Gasteiger partial charge in [-0.25, -0.2) is 4.98 Å². The summed E-state index contributed by atoms with van der Waals surface area (Å²) >= 11 is 1.86. The Kier molecular flexibility index (Phi) is 6.77. The van der Waals surface area contributed by atoms with Crippen LogP contribution < -0.4 is 4.90 Å². The van der Waals surface area contributed by atoms with E-state index < -0.39 is 0 Å². The van der Waals surface area contributed by atoms with Crippen LogP contribution in [0.3, 0.4) is 0 Å². The molecule has 0 unspecified atom stereocenters. The molecule has 1 aliphatic rings. The van der Waals surface area contributed by atoms with Gasteiger partial charge in [0, 0.05) is 53.9 Å². The molecule has 0 bridgehead atoms. The van der Waals surface area contributed by atoms with Crippen molar-refractivity contribution >= 4 is 70.4 Å². The first-order valence-electron chi connectivity index (χ1n) is 18.5. The van der Waals surface area contributed by atoms with Gasteiger partial charge < -0.3 is 4.90 Å². The molecule has 0 aliphatic heterocycles. The molecule has 0 atom stereocenters. The zero-order chi connectivity index (χ0) is 36.0. The maximum atomic E-state index is 5.30. The van der Waals surface area contributed by atoms with Gasteiger partial charge in [-0.1, -0.05) is 105 Å². The summed E-state index contributed by atoms with van der Waals surface area (Å²) < 4.78 is 4.95. The lowest BCUT2D eigenvalue weighted by molar-refractivity contribution is 0.662. The van der Waals surface area contributed by atoms with Crippen LogP contribution in [0, 0.1) is 0 Å². The molecule has 0 spiro atoms. The van der Waals surface area contributed by atoms with Crippen LogP contribution in [0.4, 0.5) is 17.1 Å². The lowest BCUT2D eigenvalue weighted by Crippen LogP contribution is -2.15. The van der Waals surface area contributed by atoms with Crippen LogP contribution in [0.2, 0.25) is 0 Å². The van der Waals surface area contributed by atoms with Crippen LogP contribution in [-0.4, -0.2) is 9.55 Å². The summed E-state index contributed by atoms with van der Waals surface area (Å²) in [6, 6.07) is 64.0. The molecule has 0 fully saturated rings. The van der Waals surface area contributed by atoms with Crippen molar-refractivity contribution in [2.24, 2.45) is 0 Å². The van der Waals surface area contributed by atoms with Crippen molar-refractivity contribution in [1.29, 1.82) is 0 Å². The second-order valence-electron chi connectivity index (χ2n) is 14.9. The number of benzene rings is 8. The minimum atomic E-state index is -0.177. The molecule has 4 heteroatoms. The fourth-order valence-electron chi connectivity index (χ4n) is 8.67. The van der Waals surface area contributed by atoms with Crippen molar-refractivity contribution in [2.45, 2.75) is 19.3 Å². The second kappa shape index (κ2) is 11.8. The molecule has 0 saturated carbocycles. The number of anilines is 3. The highest BCUT2D eigenvalue weighted by atomic mass is 32.1. The van der Waals surface area contributed by atoms with E-state index in [0.29, 0.717) is 0 Å². The predicted octanol–water partition coefficient (Wildman–Crippen LogP) is 14.0. The number of hydrogen-bond acceptors (Lipinski definition) is 3. The van der Waals surface area contributed by atoms with Gasteiger partial charge in [-0.05, 0) is 118 Å². The van der Waals surface area contributed by atoms with E-state index in [4.69, 9.17) is 4.98 Å². The lowest BCUT2D eigenvalue weighted by atomic mass is 9.82. The molecule has 0 saturated heterocycles. The molecule has 0 N–H and O–H groups in total. The summed E-state index contributed by atoms with van der Waals surface area (Å²) in [5.41, 5.74) is 12.8. The highest BCUT2D eigenvalue weighted by Crippen LogP contribution is 2.52. The zero-order valence-electron chi connectivity index (χ0n) is 30.0. The van der Waals surface area contributed by atoms with Gasteiger partial charge in [0.05, 0.1) is 11.0 Å². The Morgan fingerprint density at radius 1 is 0.519 bits per heavy atom. The Morgan fingerprint density at radius 2 is 1.17 bits per heavy atom. The van der Waals surface area contributed by atoms with Crippen LogP contribution in [-0.2, 0) is 5.41 Å². The van der Waals surface area contributed by atoms with E-state index in [1.54, 1.807) is 0 Å². The minimum absolute atomic E-state index is 0.177. The third kappa shape index (κ3) is 4.70. The molecule has 54 heavy (non-hydrogen) atoms. The quantitative estimate of drug-likeness (QED) is 0.177. The summed E-state index contributed by atoms with van der Waals surface area (Å²) in [4.78, 5) is 7.69. The first-order chi connectivity index (χ1) is 26.5. The molecule has 2 aromatic heterocycles. The third-order valence-corrected chi connectivity index (χ3v) is 12.5. The molecule has 11 rings (SSSR count). The fourth-order valence-corrected chi connectivity index (χ4v) is 9.76. The van der Waals surface area contributed by atoms with Crippen molar-refractivity contribution < 1.29 is 0 Å². The number of hydrogen-bond donors (Lipinski definition) is 0. The van der Waals surface area contributed by atoms with Gasteiger partial charge in [-0.3, -0.25) is 4.57 Å². The number of fused-ring (bicyclic) bond motifs is 8. The Balaban J connectivity index is 1.10. The highest BCUT2D eigenvalue weighted by molar-refractivity contribution is 7.25. The van der Waals surface area contributed by atoms with E-state index in [1.165, 1.54) is 53.2 Å². The zero-order valence-corrected chi connectivity index (χ0v) is 30.8. The van der Waals surface area contributed by atoms with Gasteiger partial charge in [0.15, 0.2) is 0 Å². The molecule has 0 amide bonds. The molecule has 8 aromatic carbocycles. The predicted molar refractivity (Wildman–Crippen MR) is 229 cm³/mol. The summed E-state index contributed by atoms with van der Waals surface area (Å²) in [7, 11) is 0. The van der Waals surface area contributed by atoms with Crippen LogP contribution in [0.15, 0.2) is 176 Å². The second-order valence-corrected chi connectivity index (χ2v) is 15.9. The monoisotopic (exact) mass is 709 g/mol. The number of nitrogens with zero attached hydrogens (tertiary/aromatic N) is 3. The Morgan fingerprint density at radius 3 is 1.98 bits per heavy atom. The Bertz CT molecular complexity index is 3070. The highest BCUT2D eigenvalue weighted by Gasteiger charge is 2.37. The van der Waals surface area contributed by atoms with E-state index in [2.05, 4.69) is 199 Å². The van der Waals surface area contributed by atoms with Crippen molar-refractivity contribution in [3.8, 4) is 28.2 Å². The van der Waals surface area contributed by atoms with E-state index in [0.717, 1.165) is 45.2 Å². The summed E-state index contributed by atoms with van der Waals surface area (Å²) in [6.07, 6.45) is 0. The summed E-state index contributed by atoms with van der Waals surface area (Å²) in [5.74, 6) is 0.955. The van der Waals surface area contributed by atoms with Crippen LogP contribution in [0.1, 0.15) is 25.0 Å². The molecule has 10 aromatic rings. The SMILES string of the molecule is CC1(C)c2cc3ccc(N(c4ccccc4)c4ccc5sc6ccccc6c5c4)cc3cc2-c2cc3c(cc21)nc(-c1ccccc1)n3-c1ccccc1. The van der Waals surface area contributed by atoms with E-state index >= 15 is 0 Å². The molecule has 0 radical (unpaired) electrons. The largest absolute Gasteiger partial charge is 0.310 e. The molecular weight excluding hydrogens is 675 g/mol. The van der Waals surface area contributed by atoms with E-state index in [9.17, 15) is 0 Å². The number of rotatable bonds is 5. The third-order valence-electron chi connectivity index (χ3n) is 11.3. The van der Waals surface area contributed by atoms with E-state index in [-0.39, 0.29) is 5.41 Å². The fraction of sp³-hybridized carbons (Fsp3) is 0.0600. The summed E-state index contributed by atoms with van der Waals surface area (Å²) in [6.45, 7) is 4.72. The Labute approximate surface area is 318 Å². The average Bonchev–Trinajstić information content (AvgIpc) is 3.85. The van der Waals surface area contributed by atoms with Gasteiger partial charge in [0.2, 0.25) is 0 Å². The van der Waals surface area contributed by atoms with Crippen molar-refractivity contribution in [2.75, 3.05) is 4.90 Å². The van der Waals surface area contributed by atoms with Crippen LogP contribution in [0.25, 0.3) is 70.2 Å². The number of aromatic nitrogens is 2. The van der Waals surface area contributed by atoms with Gasteiger partial charge in [0.1, 0.15) is 5.82 Å². The van der Waals surface area contributed by atoms with Crippen LogP contribution >= 0.6 is 11.3 Å².